The Labute approximate surface area is 95.8 Å². The second kappa shape index (κ2) is 4.17. The number of aromatic carboxylic acids is 1. The van der Waals surface area contributed by atoms with Gasteiger partial charge in [-0.3, -0.25) is 0 Å². The van der Waals surface area contributed by atoms with Gasteiger partial charge in [-0.05, 0) is 18.2 Å². The summed E-state index contributed by atoms with van der Waals surface area (Å²) in [5.74, 6) is -1.81. The number of anilines is 1. The zero-order valence-electron chi connectivity index (χ0n) is 8.59. The molecule has 0 aliphatic carbocycles. The highest BCUT2D eigenvalue weighted by Crippen LogP contribution is 2.19. The number of nitrogens with zero attached hydrogens (tertiary/aromatic N) is 2. The fraction of sp³-hybridized carbons (Fsp3) is 0. The van der Waals surface area contributed by atoms with Crippen molar-refractivity contribution in [3.63, 3.8) is 0 Å². The maximum atomic E-state index is 13.0. The van der Waals surface area contributed by atoms with E-state index in [4.69, 9.17) is 10.8 Å². The van der Waals surface area contributed by atoms with E-state index in [0.29, 0.717) is 5.56 Å². The molecule has 0 bridgehead atoms. The van der Waals surface area contributed by atoms with E-state index in [1.165, 1.54) is 24.3 Å². The number of aromatic nitrogens is 2. The van der Waals surface area contributed by atoms with Crippen LogP contribution in [0, 0.1) is 5.82 Å². The molecule has 0 atom stereocenters. The number of rotatable bonds is 2. The summed E-state index contributed by atoms with van der Waals surface area (Å²) in [6, 6.07) is 6.88. The number of benzene rings is 1. The number of carbonyl (C=O) groups is 1. The van der Waals surface area contributed by atoms with Gasteiger partial charge in [0, 0.05) is 5.56 Å². The summed E-state index contributed by atoms with van der Waals surface area (Å²) in [6.45, 7) is 0. The number of carboxylic acid groups (broad SMARTS) is 1. The molecule has 3 N–H and O–H groups in total. The third kappa shape index (κ3) is 2.36. The summed E-state index contributed by atoms with van der Waals surface area (Å²) in [4.78, 5) is 18.2. The van der Waals surface area contributed by atoms with E-state index >= 15 is 0 Å². The van der Waals surface area contributed by atoms with Crippen molar-refractivity contribution in [2.24, 2.45) is 0 Å². The highest BCUT2D eigenvalue weighted by Gasteiger charge is 2.10. The normalized spacial score (nSPS) is 10.2. The minimum atomic E-state index is -1.21. The van der Waals surface area contributed by atoms with Gasteiger partial charge >= 0.3 is 5.97 Å². The standard InChI is InChI=1S/C11H8FN3O2/c12-7-3-1-2-6(4-7)8-5-9(10(16)17)15-11(13)14-8/h1-5H,(H,16,17)(H2,13,14,15). The first kappa shape index (κ1) is 11.0. The van der Waals surface area contributed by atoms with Crippen LogP contribution in [0.3, 0.4) is 0 Å². The van der Waals surface area contributed by atoms with Crippen LogP contribution in [0.4, 0.5) is 10.3 Å². The Balaban J connectivity index is 2.56. The molecule has 5 nitrogen and oxygen atoms in total. The number of halogens is 1. The van der Waals surface area contributed by atoms with Gasteiger partial charge in [0.25, 0.3) is 0 Å². The SMILES string of the molecule is Nc1nc(C(=O)O)cc(-c2cccc(F)c2)n1. The van der Waals surface area contributed by atoms with Gasteiger partial charge in [0.2, 0.25) is 5.95 Å². The van der Waals surface area contributed by atoms with Crippen LogP contribution in [0.1, 0.15) is 10.5 Å². The number of hydrogen-bond donors (Lipinski definition) is 2. The van der Waals surface area contributed by atoms with Crippen molar-refractivity contribution in [1.82, 2.24) is 9.97 Å². The van der Waals surface area contributed by atoms with Gasteiger partial charge in [-0.15, -0.1) is 0 Å². The van der Waals surface area contributed by atoms with E-state index < -0.39 is 11.8 Å². The Morgan fingerprint density at radius 2 is 2.06 bits per heavy atom. The fourth-order valence-corrected chi connectivity index (χ4v) is 1.37. The van der Waals surface area contributed by atoms with Crippen molar-refractivity contribution < 1.29 is 14.3 Å². The van der Waals surface area contributed by atoms with Crippen LogP contribution < -0.4 is 5.73 Å². The van der Waals surface area contributed by atoms with Crippen LogP contribution >= 0.6 is 0 Å². The molecule has 0 aliphatic heterocycles. The Morgan fingerprint density at radius 1 is 1.29 bits per heavy atom. The second-order valence-corrected chi connectivity index (χ2v) is 3.31. The van der Waals surface area contributed by atoms with Gasteiger partial charge in [-0.25, -0.2) is 19.2 Å². The minimum Gasteiger partial charge on any atom is -0.477 e. The first-order chi connectivity index (χ1) is 8.06. The topological polar surface area (TPSA) is 89.1 Å². The smallest absolute Gasteiger partial charge is 0.354 e. The Morgan fingerprint density at radius 3 is 2.71 bits per heavy atom. The molecule has 2 rings (SSSR count). The van der Waals surface area contributed by atoms with Crippen molar-refractivity contribution in [2.45, 2.75) is 0 Å². The molecule has 0 amide bonds. The maximum absolute atomic E-state index is 13.0. The number of nitrogens with two attached hydrogens (primary N) is 1. The highest BCUT2D eigenvalue weighted by molar-refractivity contribution is 5.87. The molecule has 2 aromatic rings. The zero-order chi connectivity index (χ0) is 12.4. The lowest BCUT2D eigenvalue weighted by atomic mass is 10.1. The Hall–Kier alpha value is -2.50. The lowest BCUT2D eigenvalue weighted by Crippen LogP contribution is -2.06. The van der Waals surface area contributed by atoms with Gasteiger partial charge in [-0.1, -0.05) is 12.1 Å². The van der Waals surface area contributed by atoms with E-state index in [-0.39, 0.29) is 17.3 Å². The van der Waals surface area contributed by atoms with Gasteiger partial charge in [0.1, 0.15) is 5.82 Å². The first-order valence-corrected chi connectivity index (χ1v) is 4.70. The van der Waals surface area contributed by atoms with E-state index in [0.717, 1.165) is 0 Å². The van der Waals surface area contributed by atoms with E-state index in [9.17, 15) is 9.18 Å². The number of hydrogen-bond acceptors (Lipinski definition) is 4. The van der Waals surface area contributed by atoms with Gasteiger partial charge in [0.05, 0.1) is 5.69 Å². The largest absolute Gasteiger partial charge is 0.477 e. The molecule has 0 unspecified atom stereocenters. The van der Waals surface area contributed by atoms with Crippen LogP contribution in [0.15, 0.2) is 30.3 Å². The molecule has 1 aromatic heterocycles. The van der Waals surface area contributed by atoms with Crippen LogP contribution in [-0.2, 0) is 0 Å². The molecular formula is C11H8FN3O2. The average Bonchev–Trinajstić information content (AvgIpc) is 2.28. The fourth-order valence-electron chi connectivity index (χ4n) is 1.37. The van der Waals surface area contributed by atoms with Crippen molar-refractivity contribution in [1.29, 1.82) is 0 Å². The predicted molar refractivity (Wildman–Crippen MR) is 58.8 cm³/mol. The molecule has 1 aromatic carbocycles. The molecule has 0 aliphatic rings. The van der Waals surface area contributed by atoms with Gasteiger partial charge in [-0.2, -0.15) is 0 Å². The zero-order valence-corrected chi connectivity index (χ0v) is 8.59. The van der Waals surface area contributed by atoms with E-state index in [2.05, 4.69) is 9.97 Å². The molecule has 86 valence electrons. The lowest BCUT2D eigenvalue weighted by molar-refractivity contribution is 0.0690. The Bertz CT molecular complexity index is 587. The van der Waals surface area contributed by atoms with E-state index in [1.807, 2.05) is 0 Å². The molecule has 0 fully saturated rings. The van der Waals surface area contributed by atoms with Crippen molar-refractivity contribution >= 4 is 11.9 Å². The molecule has 0 saturated heterocycles. The summed E-state index contributed by atoms with van der Waals surface area (Å²) in [6.07, 6.45) is 0. The summed E-state index contributed by atoms with van der Waals surface area (Å²) < 4.78 is 13.0. The highest BCUT2D eigenvalue weighted by atomic mass is 19.1. The molecule has 17 heavy (non-hydrogen) atoms. The lowest BCUT2D eigenvalue weighted by Gasteiger charge is -2.03. The van der Waals surface area contributed by atoms with E-state index in [1.54, 1.807) is 6.07 Å². The monoisotopic (exact) mass is 233 g/mol. The average molecular weight is 233 g/mol. The summed E-state index contributed by atoms with van der Waals surface area (Å²) in [5, 5.41) is 8.82. The van der Waals surface area contributed by atoms with Crippen LogP contribution in [0.5, 0.6) is 0 Å². The minimum absolute atomic E-state index is 0.163. The van der Waals surface area contributed by atoms with Crippen molar-refractivity contribution in [3.8, 4) is 11.3 Å². The summed E-state index contributed by atoms with van der Waals surface area (Å²) in [7, 11) is 0. The van der Waals surface area contributed by atoms with Crippen LogP contribution in [0.25, 0.3) is 11.3 Å². The van der Waals surface area contributed by atoms with Crippen molar-refractivity contribution in [2.75, 3.05) is 5.73 Å². The van der Waals surface area contributed by atoms with Crippen molar-refractivity contribution in [3.05, 3.63) is 41.8 Å². The van der Waals surface area contributed by atoms with Crippen LogP contribution in [-0.4, -0.2) is 21.0 Å². The summed E-state index contributed by atoms with van der Waals surface area (Å²) >= 11 is 0. The quantitative estimate of drug-likeness (QED) is 0.821. The third-order valence-electron chi connectivity index (χ3n) is 2.08. The molecule has 0 radical (unpaired) electrons. The van der Waals surface area contributed by atoms with Gasteiger partial charge in [0.15, 0.2) is 5.69 Å². The Kier molecular flexibility index (Phi) is 2.70. The van der Waals surface area contributed by atoms with Crippen LogP contribution in [0.2, 0.25) is 0 Å². The molecule has 0 saturated carbocycles. The number of carboxylic acids is 1. The van der Waals surface area contributed by atoms with Gasteiger partial charge < -0.3 is 10.8 Å². The second-order valence-electron chi connectivity index (χ2n) is 3.31. The maximum Gasteiger partial charge on any atom is 0.354 e. The molecule has 0 spiro atoms. The summed E-state index contributed by atoms with van der Waals surface area (Å²) in [5.41, 5.74) is 5.89. The first-order valence-electron chi connectivity index (χ1n) is 4.70. The molecular weight excluding hydrogens is 225 g/mol. The molecule has 6 heteroatoms. The molecule has 1 heterocycles. The third-order valence-corrected chi connectivity index (χ3v) is 2.08. The predicted octanol–water partition coefficient (Wildman–Crippen LogP) is 1.56. The number of nitrogen functional groups attached to an aromatic ring is 1.